The summed E-state index contributed by atoms with van der Waals surface area (Å²) in [5, 5.41) is 9.58. The Morgan fingerprint density at radius 3 is 2.62 bits per heavy atom. The Morgan fingerprint density at radius 2 is 1.96 bits per heavy atom. The highest BCUT2D eigenvalue weighted by atomic mass is 19.4. The van der Waals surface area contributed by atoms with Crippen LogP contribution in [-0.4, -0.2) is 15.2 Å². The molecule has 0 fully saturated rings. The lowest BCUT2D eigenvalue weighted by Gasteiger charge is -2.22. The summed E-state index contributed by atoms with van der Waals surface area (Å²) in [4.78, 5) is 4.18. The molecule has 0 saturated heterocycles. The average molecular weight is 332 g/mol. The van der Waals surface area contributed by atoms with Crippen LogP contribution in [0.4, 0.5) is 19.0 Å². The van der Waals surface area contributed by atoms with E-state index in [0.29, 0.717) is 11.4 Å². The molecule has 1 unspecified atom stereocenters. The number of hydrogen-bond donors (Lipinski definition) is 2. The van der Waals surface area contributed by atoms with Gasteiger partial charge in [-0.3, -0.25) is 5.10 Å². The topological polar surface area (TPSA) is 53.6 Å². The van der Waals surface area contributed by atoms with Gasteiger partial charge >= 0.3 is 6.18 Å². The SMILES string of the molecule is Cc1ccnc(NC(c2cn[nH]c2)c2ccccc2C(F)(F)F)c1. The van der Waals surface area contributed by atoms with Gasteiger partial charge < -0.3 is 5.32 Å². The van der Waals surface area contributed by atoms with E-state index in [1.165, 1.54) is 18.3 Å². The quantitative estimate of drug-likeness (QED) is 0.747. The van der Waals surface area contributed by atoms with Crippen molar-refractivity contribution in [3.8, 4) is 0 Å². The maximum atomic E-state index is 13.4. The molecule has 0 saturated carbocycles. The molecule has 4 nitrogen and oxygen atoms in total. The molecule has 0 aliphatic carbocycles. The molecule has 1 aromatic carbocycles. The van der Waals surface area contributed by atoms with Gasteiger partial charge in [-0.1, -0.05) is 18.2 Å². The van der Waals surface area contributed by atoms with Crippen molar-refractivity contribution in [2.24, 2.45) is 0 Å². The molecule has 1 atom stereocenters. The molecule has 0 aliphatic heterocycles. The molecule has 124 valence electrons. The number of aryl methyl sites for hydroxylation is 1. The molecule has 3 rings (SSSR count). The zero-order valence-electron chi connectivity index (χ0n) is 12.8. The maximum absolute atomic E-state index is 13.4. The second-order valence-electron chi connectivity index (χ2n) is 5.41. The first kappa shape index (κ1) is 16.0. The Bertz CT molecular complexity index is 813. The maximum Gasteiger partial charge on any atom is 0.416 e. The second-order valence-corrected chi connectivity index (χ2v) is 5.41. The highest BCUT2D eigenvalue weighted by Crippen LogP contribution is 2.37. The molecule has 7 heteroatoms. The first-order valence-electron chi connectivity index (χ1n) is 7.29. The highest BCUT2D eigenvalue weighted by molar-refractivity contribution is 5.47. The van der Waals surface area contributed by atoms with Crippen molar-refractivity contribution in [3.05, 3.63) is 77.2 Å². The predicted octanol–water partition coefficient (Wildman–Crippen LogP) is 4.33. The van der Waals surface area contributed by atoms with E-state index < -0.39 is 17.8 Å². The minimum atomic E-state index is -4.44. The zero-order valence-corrected chi connectivity index (χ0v) is 12.8. The summed E-state index contributed by atoms with van der Waals surface area (Å²) in [6, 6.07) is 8.38. The van der Waals surface area contributed by atoms with Gasteiger partial charge in [0.1, 0.15) is 5.82 Å². The molecule has 3 aromatic rings. The number of benzene rings is 1. The number of aromatic amines is 1. The summed E-state index contributed by atoms with van der Waals surface area (Å²) >= 11 is 0. The summed E-state index contributed by atoms with van der Waals surface area (Å²) in [6.45, 7) is 1.89. The van der Waals surface area contributed by atoms with Crippen LogP contribution in [0.25, 0.3) is 0 Å². The third-order valence-corrected chi connectivity index (χ3v) is 3.64. The smallest absolute Gasteiger partial charge is 0.359 e. The fourth-order valence-electron chi connectivity index (χ4n) is 2.53. The zero-order chi connectivity index (χ0) is 17.2. The molecule has 2 aromatic heterocycles. The third kappa shape index (κ3) is 3.40. The van der Waals surface area contributed by atoms with Crippen molar-refractivity contribution in [2.75, 3.05) is 5.32 Å². The predicted molar refractivity (Wildman–Crippen MR) is 84.5 cm³/mol. The number of halogens is 3. The number of aromatic nitrogens is 3. The summed E-state index contributed by atoms with van der Waals surface area (Å²) in [5.74, 6) is 0.498. The molecule has 2 heterocycles. The van der Waals surface area contributed by atoms with Crippen LogP contribution in [0.3, 0.4) is 0 Å². The molecule has 0 amide bonds. The summed E-state index contributed by atoms with van der Waals surface area (Å²) in [7, 11) is 0. The molecule has 2 N–H and O–H groups in total. The number of alkyl halides is 3. The van der Waals surface area contributed by atoms with Crippen molar-refractivity contribution >= 4 is 5.82 Å². The van der Waals surface area contributed by atoms with Gasteiger partial charge in [-0.25, -0.2) is 4.98 Å². The van der Waals surface area contributed by atoms with E-state index in [1.54, 1.807) is 24.5 Å². The van der Waals surface area contributed by atoms with E-state index in [4.69, 9.17) is 0 Å². The molecule has 0 spiro atoms. The molecule has 0 aliphatic rings. The largest absolute Gasteiger partial charge is 0.416 e. The lowest BCUT2D eigenvalue weighted by molar-refractivity contribution is -0.138. The van der Waals surface area contributed by atoms with Gasteiger partial charge in [-0.15, -0.1) is 0 Å². The van der Waals surface area contributed by atoms with Crippen LogP contribution in [0.15, 0.2) is 55.0 Å². The fourth-order valence-corrected chi connectivity index (χ4v) is 2.53. The van der Waals surface area contributed by atoms with Gasteiger partial charge in [0, 0.05) is 18.0 Å². The number of H-pyrrole nitrogens is 1. The second kappa shape index (κ2) is 6.35. The number of nitrogens with zero attached hydrogens (tertiary/aromatic N) is 2. The summed E-state index contributed by atoms with van der Waals surface area (Å²) < 4.78 is 40.2. The van der Waals surface area contributed by atoms with Gasteiger partial charge in [0.25, 0.3) is 0 Å². The van der Waals surface area contributed by atoms with Gasteiger partial charge in [0.15, 0.2) is 0 Å². The van der Waals surface area contributed by atoms with Crippen LogP contribution < -0.4 is 5.32 Å². The van der Waals surface area contributed by atoms with Gasteiger partial charge in [-0.05, 0) is 36.2 Å². The number of anilines is 1. The van der Waals surface area contributed by atoms with Crippen molar-refractivity contribution in [1.82, 2.24) is 15.2 Å². The van der Waals surface area contributed by atoms with Crippen LogP contribution >= 0.6 is 0 Å². The van der Waals surface area contributed by atoms with Crippen molar-refractivity contribution < 1.29 is 13.2 Å². The Morgan fingerprint density at radius 1 is 1.17 bits per heavy atom. The number of pyridine rings is 1. The standard InChI is InChI=1S/C17H15F3N4/c1-11-6-7-21-15(8-11)24-16(12-9-22-23-10-12)13-4-2-3-5-14(13)17(18,19)20/h2-10,16H,1H3,(H,21,24)(H,22,23). The first-order valence-corrected chi connectivity index (χ1v) is 7.29. The lowest BCUT2D eigenvalue weighted by atomic mass is 9.96. The minimum absolute atomic E-state index is 0.120. The van der Waals surface area contributed by atoms with E-state index in [1.807, 2.05) is 13.0 Å². The van der Waals surface area contributed by atoms with Gasteiger partial charge in [0.05, 0.1) is 17.8 Å². The Hall–Kier alpha value is -2.83. The number of rotatable bonds is 4. The van der Waals surface area contributed by atoms with E-state index in [9.17, 15) is 13.2 Å². The molecule has 0 bridgehead atoms. The number of nitrogens with one attached hydrogen (secondary N) is 2. The summed E-state index contributed by atoms with van der Waals surface area (Å²) in [5.41, 5.74) is 0.989. The van der Waals surface area contributed by atoms with Crippen LogP contribution in [0.5, 0.6) is 0 Å². The van der Waals surface area contributed by atoms with Crippen molar-refractivity contribution in [2.45, 2.75) is 19.1 Å². The van der Waals surface area contributed by atoms with E-state index >= 15 is 0 Å². The Labute approximate surface area is 136 Å². The van der Waals surface area contributed by atoms with E-state index in [0.717, 1.165) is 11.6 Å². The summed E-state index contributed by atoms with van der Waals surface area (Å²) in [6.07, 6.45) is 0.237. The Balaban J connectivity index is 2.07. The van der Waals surface area contributed by atoms with E-state index in [2.05, 4.69) is 20.5 Å². The van der Waals surface area contributed by atoms with Gasteiger partial charge in [-0.2, -0.15) is 18.3 Å². The fraction of sp³-hybridized carbons (Fsp3) is 0.176. The lowest BCUT2D eigenvalue weighted by Crippen LogP contribution is -2.18. The molecule has 0 radical (unpaired) electrons. The van der Waals surface area contributed by atoms with Gasteiger partial charge in [0.2, 0.25) is 0 Å². The van der Waals surface area contributed by atoms with Crippen molar-refractivity contribution in [3.63, 3.8) is 0 Å². The van der Waals surface area contributed by atoms with Crippen LogP contribution in [0.1, 0.15) is 28.3 Å². The van der Waals surface area contributed by atoms with Crippen LogP contribution in [0, 0.1) is 6.92 Å². The minimum Gasteiger partial charge on any atom is -0.359 e. The molecule has 24 heavy (non-hydrogen) atoms. The number of hydrogen-bond acceptors (Lipinski definition) is 3. The van der Waals surface area contributed by atoms with E-state index in [-0.39, 0.29) is 5.56 Å². The van der Waals surface area contributed by atoms with Crippen LogP contribution in [0.2, 0.25) is 0 Å². The first-order chi connectivity index (χ1) is 11.4. The average Bonchev–Trinajstić information content (AvgIpc) is 3.06. The third-order valence-electron chi connectivity index (χ3n) is 3.64. The monoisotopic (exact) mass is 332 g/mol. The highest BCUT2D eigenvalue weighted by Gasteiger charge is 2.35. The van der Waals surface area contributed by atoms with Crippen molar-refractivity contribution in [1.29, 1.82) is 0 Å². The molecular weight excluding hydrogens is 317 g/mol. The Kier molecular flexibility index (Phi) is 4.24. The molecular formula is C17H15F3N4. The van der Waals surface area contributed by atoms with Crippen LogP contribution in [-0.2, 0) is 6.18 Å². The normalized spacial score (nSPS) is 12.8.